The Kier molecular flexibility index (Phi) is 4.97. The number of aryl methyl sites for hydroxylation is 1. The summed E-state index contributed by atoms with van der Waals surface area (Å²) in [5, 5.41) is 16.4. The number of carbonyl (C=O) groups excluding carboxylic acids is 2. The fourth-order valence-electron chi connectivity index (χ4n) is 2.87. The van der Waals surface area contributed by atoms with Crippen molar-refractivity contribution in [3.63, 3.8) is 0 Å². The van der Waals surface area contributed by atoms with E-state index in [1.54, 1.807) is 18.4 Å². The zero-order chi connectivity index (χ0) is 17.8. The van der Waals surface area contributed by atoms with Crippen molar-refractivity contribution in [2.24, 2.45) is 5.10 Å². The molecule has 0 radical (unpaired) electrons. The summed E-state index contributed by atoms with van der Waals surface area (Å²) < 4.78 is 5.45. The van der Waals surface area contributed by atoms with Gasteiger partial charge in [-0.3, -0.25) is 4.79 Å². The van der Waals surface area contributed by atoms with Gasteiger partial charge in [0.25, 0.3) is 0 Å². The molecule has 0 spiro atoms. The number of hydrogen-bond acceptors (Lipinski definition) is 5. The minimum atomic E-state index is -1.25. The van der Waals surface area contributed by atoms with Gasteiger partial charge in [-0.25, -0.2) is 5.01 Å². The van der Waals surface area contributed by atoms with Gasteiger partial charge < -0.3 is 14.3 Å². The van der Waals surface area contributed by atoms with Crippen molar-refractivity contribution < 1.29 is 19.1 Å². The number of nitrogens with zero attached hydrogens (tertiary/aromatic N) is 2. The number of benzene rings is 1. The van der Waals surface area contributed by atoms with Gasteiger partial charge >= 0.3 is 0 Å². The van der Waals surface area contributed by atoms with Gasteiger partial charge in [-0.05, 0) is 36.1 Å². The summed E-state index contributed by atoms with van der Waals surface area (Å²) in [6.07, 6.45) is 2.56. The number of hydrazone groups is 1. The number of furan rings is 1. The number of carboxylic acid groups (broad SMARTS) is 1. The molecule has 130 valence electrons. The average Bonchev–Trinajstić information content (AvgIpc) is 3.29. The van der Waals surface area contributed by atoms with Crippen molar-refractivity contribution in [3.8, 4) is 0 Å². The molecule has 25 heavy (non-hydrogen) atoms. The number of carbonyl (C=O) groups is 2. The first-order valence-corrected chi connectivity index (χ1v) is 8.30. The molecule has 1 atom stereocenters. The Labute approximate surface area is 145 Å². The van der Waals surface area contributed by atoms with Crippen molar-refractivity contribution in [1.82, 2.24) is 5.01 Å². The summed E-state index contributed by atoms with van der Waals surface area (Å²) in [5.41, 5.74) is 2.96. The maximum atomic E-state index is 12.4. The molecule has 6 nitrogen and oxygen atoms in total. The van der Waals surface area contributed by atoms with Crippen molar-refractivity contribution in [2.75, 3.05) is 0 Å². The topological polar surface area (TPSA) is 85.9 Å². The molecule has 1 aliphatic heterocycles. The van der Waals surface area contributed by atoms with E-state index < -0.39 is 5.97 Å². The fraction of sp³-hybridized carbons (Fsp3) is 0.316. The van der Waals surface area contributed by atoms with E-state index in [0.29, 0.717) is 12.2 Å². The summed E-state index contributed by atoms with van der Waals surface area (Å²) in [5.74, 6) is -0.974. The summed E-state index contributed by atoms with van der Waals surface area (Å²) in [4.78, 5) is 23.1. The molecule has 1 amide bonds. The molecule has 0 unspecified atom stereocenters. The Balaban J connectivity index is 1.85. The molecule has 0 fully saturated rings. The molecular formula is C19H19N2O4-. The Morgan fingerprint density at radius 1 is 1.24 bits per heavy atom. The van der Waals surface area contributed by atoms with E-state index in [1.807, 2.05) is 24.3 Å². The second-order valence-corrected chi connectivity index (χ2v) is 5.94. The van der Waals surface area contributed by atoms with Crippen molar-refractivity contribution >= 4 is 17.6 Å². The van der Waals surface area contributed by atoms with Crippen LogP contribution in [0.3, 0.4) is 0 Å². The maximum Gasteiger partial charge on any atom is 0.243 e. The molecule has 3 rings (SSSR count). The second-order valence-electron chi connectivity index (χ2n) is 5.94. The third-order valence-corrected chi connectivity index (χ3v) is 4.28. The molecule has 0 bridgehead atoms. The van der Waals surface area contributed by atoms with E-state index in [9.17, 15) is 14.7 Å². The maximum absolute atomic E-state index is 12.4. The van der Waals surface area contributed by atoms with Gasteiger partial charge in [0.1, 0.15) is 11.8 Å². The van der Waals surface area contributed by atoms with Gasteiger partial charge in [0, 0.05) is 18.8 Å². The van der Waals surface area contributed by atoms with Gasteiger partial charge in [0.05, 0.1) is 12.0 Å². The van der Waals surface area contributed by atoms with Crippen LogP contribution in [-0.4, -0.2) is 22.6 Å². The van der Waals surface area contributed by atoms with E-state index >= 15 is 0 Å². The second kappa shape index (κ2) is 7.34. The first-order chi connectivity index (χ1) is 12.1. The van der Waals surface area contributed by atoms with Crippen LogP contribution in [0.2, 0.25) is 0 Å². The first-order valence-electron chi connectivity index (χ1n) is 8.30. The molecule has 0 saturated heterocycles. The average molecular weight is 339 g/mol. The lowest BCUT2D eigenvalue weighted by Crippen LogP contribution is -2.29. The van der Waals surface area contributed by atoms with E-state index in [0.717, 1.165) is 17.7 Å². The lowest BCUT2D eigenvalue weighted by atomic mass is 10.0. The van der Waals surface area contributed by atoms with Gasteiger partial charge in [-0.2, -0.15) is 5.10 Å². The van der Waals surface area contributed by atoms with Crippen LogP contribution in [0.1, 0.15) is 49.1 Å². The number of carboxylic acids is 1. The summed E-state index contributed by atoms with van der Waals surface area (Å²) in [7, 11) is 0. The molecule has 2 heterocycles. The summed E-state index contributed by atoms with van der Waals surface area (Å²) in [6.45, 7) is 2.09. The number of aliphatic carboxylic acids is 1. The number of rotatable bonds is 6. The lowest BCUT2D eigenvalue weighted by Gasteiger charge is -2.19. The Bertz CT molecular complexity index is 778. The highest BCUT2D eigenvalue weighted by molar-refractivity contribution is 6.03. The van der Waals surface area contributed by atoms with Gasteiger partial charge in [-0.1, -0.05) is 31.2 Å². The zero-order valence-corrected chi connectivity index (χ0v) is 14.0. The Morgan fingerprint density at radius 3 is 2.60 bits per heavy atom. The minimum Gasteiger partial charge on any atom is -0.550 e. The van der Waals surface area contributed by atoms with E-state index in [-0.39, 0.29) is 24.8 Å². The van der Waals surface area contributed by atoms with Gasteiger partial charge in [0.2, 0.25) is 5.91 Å². The predicted octanol–water partition coefficient (Wildman–Crippen LogP) is 2.05. The van der Waals surface area contributed by atoms with Crippen LogP contribution in [0.4, 0.5) is 0 Å². The molecule has 6 heteroatoms. The third kappa shape index (κ3) is 3.79. The highest BCUT2D eigenvalue weighted by atomic mass is 16.4. The van der Waals surface area contributed by atoms with Crippen LogP contribution in [-0.2, 0) is 16.0 Å². The molecular weight excluding hydrogens is 320 g/mol. The van der Waals surface area contributed by atoms with Crippen LogP contribution >= 0.6 is 0 Å². The van der Waals surface area contributed by atoms with Crippen LogP contribution in [0.15, 0.2) is 52.2 Å². The fourth-order valence-corrected chi connectivity index (χ4v) is 2.87. The standard InChI is InChI=1S/C19H20N2O4/c1-2-13-5-7-14(8-6-13)15-12-16(17-4-3-11-25-17)21(20-15)18(22)9-10-19(23)24/h3-8,11,16H,2,9-10,12H2,1H3,(H,23,24)/p-1/t16-/m1/s1. The van der Waals surface area contributed by atoms with Crippen LogP contribution in [0.25, 0.3) is 0 Å². The molecule has 0 N–H and O–H groups in total. The summed E-state index contributed by atoms with van der Waals surface area (Å²) >= 11 is 0. The SMILES string of the molecule is CCc1ccc(C2=NN(C(=O)CCC(=O)[O-])[C@@H](c3ccco3)C2)cc1. The van der Waals surface area contributed by atoms with Crippen LogP contribution in [0, 0.1) is 0 Å². The monoisotopic (exact) mass is 339 g/mol. The van der Waals surface area contributed by atoms with Gasteiger partial charge in [-0.15, -0.1) is 0 Å². The van der Waals surface area contributed by atoms with Crippen molar-refractivity contribution in [2.45, 2.75) is 38.6 Å². The molecule has 1 aromatic carbocycles. The first kappa shape index (κ1) is 17.0. The van der Waals surface area contributed by atoms with Crippen LogP contribution in [0.5, 0.6) is 0 Å². The van der Waals surface area contributed by atoms with E-state index in [2.05, 4.69) is 12.0 Å². The largest absolute Gasteiger partial charge is 0.550 e. The van der Waals surface area contributed by atoms with E-state index in [4.69, 9.17) is 4.42 Å². The number of amides is 1. The molecule has 1 aliphatic rings. The highest BCUT2D eigenvalue weighted by Gasteiger charge is 2.34. The zero-order valence-electron chi connectivity index (χ0n) is 14.0. The van der Waals surface area contributed by atoms with Crippen LogP contribution < -0.4 is 5.11 Å². The van der Waals surface area contributed by atoms with Gasteiger partial charge in [0.15, 0.2) is 0 Å². The highest BCUT2D eigenvalue weighted by Crippen LogP contribution is 2.33. The molecule has 2 aromatic rings. The smallest absolute Gasteiger partial charge is 0.243 e. The minimum absolute atomic E-state index is 0.148. The van der Waals surface area contributed by atoms with Crippen molar-refractivity contribution in [1.29, 1.82) is 0 Å². The Hall–Kier alpha value is -2.89. The van der Waals surface area contributed by atoms with Crippen molar-refractivity contribution in [3.05, 3.63) is 59.5 Å². The number of hydrogen-bond donors (Lipinski definition) is 0. The predicted molar refractivity (Wildman–Crippen MR) is 89.5 cm³/mol. The lowest BCUT2D eigenvalue weighted by molar-refractivity contribution is -0.305. The molecule has 0 aliphatic carbocycles. The molecule has 1 aromatic heterocycles. The summed E-state index contributed by atoms with van der Waals surface area (Å²) in [6, 6.07) is 11.3. The van der Waals surface area contributed by atoms with E-state index in [1.165, 1.54) is 10.6 Å². The quantitative estimate of drug-likeness (QED) is 0.806. The Morgan fingerprint density at radius 2 is 2.00 bits per heavy atom. The third-order valence-electron chi connectivity index (χ3n) is 4.28. The molecule has 0 saturated carbocycles. The normalized spacial score (nSPS) is 16.8.